The first-order chi connectivity index (χ1) is 12.0. The molecule has 0 bridgehead atoms. The van der Waals surface area contributed by atoms with Crippen LogP contribution in [0.15, 0.2) is 29.2 Å². The number of esters is 1. The van der Waals surface area contributed by atoms with Crippen molar-refractivity contribution in [2.75, 3.05) is 19.8 Å². The van der Waals surface area contributed by atoms with Gasteiger partial charge in [-0.2, -0.15) is 0 Å². The number of nitrogens with zero attached hydrogens (tertiary/aromatic N) is 1. The number of amides is 1. The lowest BCUT2D eigenvalue weighted by Gasteiger charge is -2.13. The molecule has 1 aromatic carbocycles. The first-order valence-corrected chi connectivity index (χ1v) is 9.41. The van der Waals surface area contributed by atoms with E-state index in [1.807, 2.05) is 38.1 Å². The number of hydrogen-bond donors (Lipinski definition) is 0. The number of carbonyl (C=O) groups excluding carboxylic acids is 2. The molecule has 0 N–H and O–H groups in total. The van der Waals surface area contributed by atoms with Gasteiger partial charge in [0, 0.05) is 0 Å². The molecule has 0 unspecified atom stereocenters. The normalized spacial score (nSPS) is 15.8. The quantitative estimate of drug-likeness (QED) is 0.298. The summed E-state index contributed by atoms with van der Waals surface area (Å²) in [6.45, 7) is 4.77. The van der Waals surface area contributed by atoms with Crippen LogP contribution in [0.25, 0.3) is 6.08 Å². The molecule has 0 saturated carbocycles. The Kier molecular flexibility index (Phi) is 7.46. The summed E-state index contributed by atoms with van der Waals surface area (Å²) in [7, 11) is 0. The van der Waals surface area contributed by atoms with E-state index in [4.69, 9.17) is 21.7 Å². The maximum Gasteiger partial charge on any atom is 0.326 e. The Morgan fingerprint density at radius 3 is 2.64 bits per heavy atom. The van der Waals surface area contributed by atoms with Gasteiger partial charge in [-0.3, -0.25) is 14.5 Å². The Hall–Kier alpha value is -1.86. The van der Waals surface area contributed by atoms with E-state index in [2.05, 4.69) is 0 Å². The lowest BCUT2D eigenvalue weighted by molar-refractivity contribution is -0.146. The fourth-order valence-electron chi connectivity index (χ4n) is 2.12. The van der Waals surface area contributed by atoms with E-state index in [1.165, 1.54) is 16.7 Å². The summed E-state index contributed by atoms with van der Waals surface area (Å²) < 4.78 is 10.9. The average molecular weight is 380 g/mol. The molecule has 134 valence electrons. The van der Waals surface area contributed by atoms with E-state index in [1.54, 1.807) is 6.08 Å². The molecular formula is C18H21NO4S2. The third kappa shape index (κ3) is 5.57. The van der Waals surface area contributed by atoms with Crippen LogP contribution in [0.4, 0.5) is 0 Å². The predicted molar refractivity (Wildman–Crippen MR) is 103 cm³/mol. The van der Waals surface area contributed by atoms with Crippen LogP contribution in [0.5, 0.6) is 5.75 Å². The van der Waals surface area contributed by atoms with Crippen molar-refractivity contribution in [3.63, 3.8) is 0 Å². The molecule has 1 saturated heterocycles. The van der Waals surface area contributed by atoms with E-state index < -0.39 is 5.97 Å². The summed E-state index contributed by atoms with van der Waals surface area (Å²) in [5.74, 6) is 0.0745. The molecule has 1 aliphatic heterocycles. The summed E-state index contributed by atoms with van der Waals surface area (Å²) >= 11 is 6.41. The third-order valence-electron chi connectivity index (χ3n) is 3.41. The van der Waals surface area contributed by atoms with Gasteiger partial charge in [0.25, 0.3) is 5.91 Å². The van der Waals surface area contributed by atoms with Crippen molar-refractivity contribution in [3.05, 3.63) is 34.7 Å². The monoisotopic (exact) mass is 379 g/mol. The summed E-state index contributed by atoms with van der Waals surface area (Å²) in [5.41, 5.74) is 0.870. The molecule has 0 spiro atoms. The fraction of sp³-hybridized carbons (Fsp3) is 0.389. The van der Waals surface area contributed by atoms with Crippen LogP contribution in [-0.2, 0) is 14.3 Å². The minimum atomic E-state index is -0.438. The Morgan fingerprint density at radius 2 is 2.00 bits per heavy atom. The van der Waals surface area contributed by atoms with Gasteiger partial charge < -0.3 is 9.47 Å². The van der Waals surface area contributed by atoms with E-state index in [9.17, 15) is 9.59 Å². The lowest BCUT2D eigenvalue weighted by atomic mass is 10.2. The van der Waals surface area contributed by atoms with E-state index >= 15 is 0 Å². The zero-order valence-corrected chi connectivity index (χ0v) is 16.0. The van der Waals surface area contributed by atoms with E-state index in [-0.39, 0.29) is 12.5 Å². The van der Waals surface area contributed by atoms with Gasteiger partial charge in [0.2, 0.25) is 0 Å². The van der Waals surface area contributed by atoms with Crippen molar-refractivity contribution in [2.45, 2.75) is 26.7 Å². The second-order valence-corrected chi connectivity index (χ2v) is 7.02. The number of rotatable bonds is 8. The molecule has 2 rings (SSSR count). The second kappa shape index (κ2) is 9.58. The largest absolute Gasteiger partial charge is 0.494 e. The zero-order valence-electron chi connectivity index (χ0n) is 14.3. The SMILES string of the molecule is CCCCOC(=O)CN1C(=O)C(=Cc2ccc(OCC)cc2)SC1=S. The summed E-state index contributed by atoms with van der Waals surface area (Å²) in [4.78, 5) is 26.1. The topological polar surface area (TPSA) is 55.8 Å². The Morgan fingerprint density at radius 1 is 1.28 bits per heavy atom. The summed E-state index contributed by atoms with van der Waals surface area (Å²) in [5, 5.41) is 0. The molecule has 7 heteroatoms. The van der Waals surface area contributed by atoms with Crippen molar-refractivity contribution >= 4 is 46.3 Å². The molecule has 1 aromatic rings. The second-order valence-electron chi connectivity index (χ2n) is 5.34. The fourth-order valence-corrected chi connectivity index (χ4v) is 3.37. The highest BCUT2D eigenvalue weighted by atomic mass is 32.2. The van der Waals surface area contributed by atoms with Crippen LogP contribution in [0.3, 0.4) is 0 Å². The number of carbonyl (C=O) groups is 2. The Labute approximate surface area is 157 Å². The van der Waals surface area contributed by atoms with Gasteiger partial charge in [-0.15, -0.1) is 0 Å². The van der Waals surface area contributed by atoms with Crippen molar-refractivity contribution in [3.8, 4) is 5.75 Å². The minimum Gasteiger partial charge on any atom is -0.494 e. The van der Waals surface area contributed by atoms with Gasteiger partial charge >= 0.3 is 5.97 Å². The molecule has 0 atom stereocenters. The van der Waals surface area contributed by atoms with Gasteiger partial charge in [0.1, 0.15) is 16.6 Å². The van der Waals surface area contributed by atoms with Gasteiger partial charge in [-0.25, -0.2) is 0 Å². The molecule has 1 fully saturated rings. The van der Waals surface area contributed by atoms with Gasteiger partial charge in [0.15, 0.2) is 0 Å². The highest BCUT2D eigenvalue weighted by molar-refractivity contribution is 8.26. The number of thiocarbonyl (C=S) groups is 1. The van der Waals surface area contributed by atoms with Crippen LogP contribution < -0.4 is 4.74 Å². The van der Waals surface area contributed by atoms with Crippen LogP contribution >= 0.6 is 24.0 Å². The molecule has 0 aliphatic carbocycles. The molecule has 1 aliphatic rings. The van der Waals surface area contributed by atoms with E-state index in [0.29, 0.717) is 22.4 Å². The molecular weight excluding hydrogens is 358 g/mol. The number of benzene rings is 1. The van der Waals surface area contributed by atoms with Crippen LogP contribution in [0, 0.1) is 0 Å². The van der Waals surface area contributed by atoms with E-state index in [0.717, 1.165) is 24.2 Å². The number of ether oxygens (including phenoxy) is 2. The predicted octanol–water partition coefficient (Wildman–Crippen LogP) is 3.63. The Bertz CT molecular complexity index is 670. The maximum absolute atomic E-state index is 12.5. The van der Waals surface area contributed by atoms with Crippen molar-refractivity contribution in [1.82, 2.24) is 4.90 Å². The first kappa shape index (κ1) is 19.5. The van der Waals surface area contributed by atoms with Crippen LogP contribution in [0.1, 0.15) is 32.3 Å². The zero-order chi connectivity index (χ0) is 18.2. The lowest BCUT2D eigenvalue weighted by Crippen LogP contribution is -2.34. The van der Waals surface area contributed by atoms with Crippen LogP contribution in [-0.4, -0.2) is 40.9 Å². The highest BCUT2D eigenvalue weighted by Gasteiger charge is 2.33. The molecule has 5 nitrogen and oxygen atoms in total. The van der Waals surface area contributed by atoms with Crippen LogP contribution in [0.2, 0.25) is 0 Å². The third-order valence-corrected chi connectivity index (χ3v) is 4.79. The highest BCUT2D eigenvalue weighted by Crippen LogP contribution is 2.32. The van der Waals surface area contributed by atoms with Crippen molar-refractivity contribution in [1.29, 1.82) is 0 Å². The number of unbranched alkanes of at least 4 members (excludes halogenated alkanes) is 1. The molecule has 0 aromatic heterocycles. The van der Waals surface area contributed by atoms with Gasteiger partial charge in [-0.1, -0.05) is 49.5 Å². The number of hydrogen-bond acceptors (Lipinski definition) is 6. The Balaban J connectivity index is 2.00. The average Bonchev–Trinajstić information content (AvgIpc) is 2.85. The maximum atomic E-state index is 12.5. The molecule has 0 radical (unpaired) electrons. The molecule has 1 amide bonds. The summed E-state index contributed by atoms with van der Waals surface area (Å²) in [6.07, 6.45) is 3.51. The molecule has 1 heterocycles. The van der Waals surface area contributed by atoms with Gasteiger partial charge in [-0.05, 0) is 37.1 Å². The standard InChI is InChI=1S/C18H21NO4S2/c1-3-5-10-23-16(20)12-19-17(21)15(25-18(19)24)11-13-6-8-14(9-7-13)22-4-2/h6-9,11H,3-5,10,12H2,1-2H3. The van der Waals surface area contributed by atoms with Crippen molar-refractivity contribution in [2.24, 2.45) is 0 Å². The van der Waals surface area contributed by atoms with Gasteiger partial charge in [0.05, 0.1) is 18.1 Å². The minimum absolute atomic E-state index is 0.144. The molecule has 25 heavy (non-hydrogen) atoms. The number of thioether (sulfide) groups is 1. The smallest absolute Gasteiger partial charge is 0.326 e. The van der Waals surface area contributed by atoms with Crippen molar-refractivity contribution < 1.29 is 19.1 Å². The summed E-state index contributed by atoms with van der Waals surface area (Å²) in [6, 6.07) is 7.44. The first-order valence-electron chi connectivity index (χ1n) is 8.19.